The van der Waals surface area contributed by atoms with Crippen LogP contribution in [0.15, 0.2) is 48.4 Å². The number of alkyl halides is 3. The van der Waals surface area contributed by atoms with E-state index in [0.29, 0.717) is 54.0 Å². The highest BCUT2D eigenvalue weighted by atomic mass is 19.4. The summed E-state index contributed by atoms with van der Waals surface area (Å²) in [5, 5.41) is 10.4. The highest BCUT2D eigenvalue weighted by molar-refractivity contribution is 5.91. The van der Waals surface area contributed by atoms with Crippen LogP contribution in [0.3, 0.4) is 0 Å². The number of pyridine rings is 1. The van der Waals surface area contributed by atoms with Gasteiger partial charge in [0.25, 0.3) is 5.91 Å². The van der Waals surface area contributed by atoms with E-state index in [1.807, 2.05) is 0 Å². The van der Waals surface area contributed by atoms with Gasteiger partial charge in [0.2, 0.25) is 0 Å². The predicted molar refractivity (Wildman–Crippen MR) is 149 cm³/mol. The number of H-pyrrole nitrogens is 1. The van der Waals surface area contributed by atoms with Gasteiger partial charge in [-0.3, -0.25) is 14.5 Å². The molecule has 3 heterocycles. The summed E-state index contributed by atoms with van der Waals surface area (Å²) in [5.74, 6) is -1.26. The molecular weight excluding hydrogens is 571 g/mol. The van der Waals surface area contributed by atoms with Crippen LogP contribution in [-0.4, -0.2) is 30.9 Å². The quantitative estimate of drug-likeness (QED) is 0.132. The molecule has 0 unspecified atom stereocenters. The predicted octanol–water partition coefficient (Wildman–Crippen LogP) is 5.52. The number of hydrogen-bond acceptors (Lipinski definition) is 6. The molecule has 5 rings (SSSR count). The van der Waals surface area contributed by atoms with Gasteiger partial charge in [0.05, 0.1) is 6.20 Å². The van der Waals surface area contributed by atoms with Gasteiger partial charge in [-0.2, -0.15) is 13.2 Å². The zero-order valence-corrected chi connectivity index (χ0v) is 22.9. The minimum absolute atomic E-state index is 0.0221. The second-order valence-corrected chi connectivity index (χ2v) is 10.4. The van der Waals surface area contributed by atoms with Gasteiger partial charge >= 0.3 is 6.18 Å². The van der Waals surface area contributed by atoms with Gasteiger partial charge in [0.15, 0.2) is 5.69 Å². The van der Waals surface area contributed by atoms with Gasteiger partial charge < -0.3 is 21.8 Å². The number of allylic oxidation sites excluding steroid dienone is 1. The molecule has 0 radical (unpaired) electrons. The number of hydrogen-bond donors (Lipinski definition) is 4. The molecule has 1 aliphatic carbocycles. The van der Waals surface area contributed by atoms with Crippen molar-refractivity contribution in [3.8, 4) is 11.1 Å². The molecule has 0 atom stereocenters. The van der Waals surface area contributed by atoms with E-state index in [4.69, 9.17) is 11.5 Å². The first kappa shape index (κ1) is 29.7. The molecule has 1 saturated carbocycles. The Bertz CT molecular complexity index is 1640. The highest BCUT2D eigenvalue weighted by Gasteiger charge is 2.32. The number of benzene rings is 1. The van der Waals surface area contributed by atoms with E-state index in [1.54, 1.807) is 6.08 Å². The Kier molecular flexibility index (Phi) is 8.46. The number of halogens is 5. The summed E-state index contributed by atoms with van der Waals surface area (Å²) in [5.41, 5.74) is 14.8. The van der Waals surface area contributed by atoms with Crippen LogP contribution in [0, 0.1) is 11.6 Å². The maximum atomic E-state index is 14.7. The van der Waals surface area contributed by atoms with E-state index in [-0.39, 0.29) is 23.7 Å². The van der Waals surface area contributed by atoms with E-state index in [1.165, 1.54) is 29.1 Å². The minimum atomic E-state index is -4.53. The van der Waals surface area contributed by atoms with Gasteiger partial charge in [0, 0.05) is 53.4 Å². The number of nitrogens with two attached hydrogens (primary N) is 2. The average Bonchev–Trinajstić information content (AvgIpc) is 3.61. The Morgan fingerprint density at radius 2 is 1.95 bits per heavy atom. The number of carbonyl (C=O) groups excluding carboxylic acids is 1. The second-order valence-electron chi connectivity index (χ2n) is 10.4. The SMILES string of the molecule is N/C(=C\c1c(N)[nH]c(C2CC2)c1-c1ccc(F)cc1F)CCCCn1cc(C(=O)NCc2ccc(C(F)(F)F)nc2)nn1. The molecule has 3 aromatic heterocycles. The van der Waals surface area contributed by atoms with Gasteiger partial charge in [0.1, 0.15) is 23.1 Å². The molecule has 0 saturated heterocycles. The van der Waals surface area contributed by atoms with Crippen LogP contribution in [0.25, 0.3) is 17.2 Å². The number of nitrogen functional groups attached to an aromatic ring is 1. The molecule has 1 aromatic carbocycles. The number of unbranched alkanes of at least 4 members (excludes halogenated alkanes) is 1. The first-order valence-corrected chi connectivity index (χ1v) is 13.6. The molecular formula is C29H29F5N8O. The minimum Gasteiger partial charge on any atom is -0.402 e. The van der Waals surface area contributed by atoms with E-state index >= 15 is 0 Å². The van der Waals surface area contributed by atoms with Crippen molar-refractivity contribution in [3.63, 3.8) is 0 Å². The summed E-state index contributed by atoms with van der Waals surface area (Å²) >= 11 is 0. The van der Waals surface area contributed by atoms with E-state index in [2.05, 4.69) is 25.6 Å². The van der Waals surface area contributed by atoms with Crippen LogP contribution in [-0.2, 0) is 19.3 Å². The zero-order chi connectivity index (χ0) is 30.7. The summed E-state index contributed by atoms with van der Waals surface area (Å²) in [6.07, 6.45) is 3.47. The lowest BCUT2D eigenvalue weighted by atomic mass is 9.97. The number of aromatic nitrogens is 5. The maximum absolute atomic E-state index is 14.7. The maximum Gasteiger partial charge on any atom is 0.433 e. The number of rotatable bonds is 11. The summed E-state index contributed by atoms with van der Waals surface area (Å²) in [7, 11) is 0. The molecule has 43 heavy (non-hydrogen) atoms. The summed E-state index contributed by atoms with van der Waals surface area (Å²) in [6, 6.07) is 5.56. The first-order valence-electron chi connectivity index (χ1n) is 13.6. The number of carbonyl (C=O) groups is 1. The molecule has 1 fully saturated rings. The normalized spacial score (nSPS) is 13.8. The molecule has 226 valence electrons. The van der Waals surface area contributed by atoms with Crippen molar-refractivity contribution in [1.29, 1.82) is 0 Å². The molecule has 4 aromatic rings. The van der Waals surface area contributed by atoms with Crippen molar-refractivity contribution >= 4 is 17.8 Å². The molecule has 6 N–H and O–H groups in total. The fraction of sp³-hybridized carbons (Fsp3) is 0.310. The van der Waals surface area contributed by atoms with Crippen LogP contribution in [0.2, 0.25) is 0 Å². The van der Waals surface area contributed by atoms with Crippen molar-refractivity contribution < 1.29 is 26.7 Å². The Labute approximate surface area is 243 Å². The highest BCUT2D eigenvalue weighted by Crippen LogP contribution is 2.47. The molecule has 1 amide bonds. The van der Waals surface area contributed by atoms with Crippen molar-refractivity contribution in [2.24, 2.45) is 5.73 Å². The van der Waals surface area contributed by atoms with Crippen LogP contribution in [0.4, 0.5) is 27.8 Å². The standard InChI is InChI=1S/C29H29F5N8O/c30-18-7-8-20(22(31)11-18)25-21(27(36)39-26(25)17-5-6-17)12-19(35)3-1-2-10-42-15-23(40-41-42)28(43)38-14-16-4-9-24(37-13-16)29(32,33)34/h4,7-9,11-13,15,17,39H,1-3,5-6,10,14,35-36H2,(H,38,43)/b19-12-. The largest absolute Gasteiger partial charge is 0.433 e. The molecule has 0 aliphatic heterocycles. The first-order chi connectivity index (χ1) is 20.5. The molecule has 14 heteroatoms. The summed E-state index contributed by atoms with van der Waals surface area (Å²) in [6.45, 7) is 0.437. The van der Waals surface area contributed by atoms with E-state index < -0.39 is 29.4 Å². The van der Waals surface area contributed by atoms with E-state index in [0.717, 1.165) is 36.9 Å². The van der Waals surface area contributed by atoms with Crippen LogP contribution in [0.1, 0.15) is 71.0 Å². The Balaban J connectivity index is 1.14. The molecule has 9 nitrogen and oxygen atoms in total. The van der Waals surface area contributed by atoms with Gasteiger partial charge in [-0.05, 0) is 67.9 Å². The fourth-order valence-corrected chi connectivity index (χ4v) is 4.71. The molecule has 0 spiro atoms. The fourth-order valence-electron chi connectivity index (χ4n) is 4.71. The van der Waals surface area contributed by atoms with Crippen LogP contribution in [0.5, 0.6) is 0 Å². The average molecular weight is 601 g/mol. The molecule has 1 aliphatic rings. The number of amides is 1. The number of nitrogens with zero attached hydrogens (tertiary/aromatic N) is 4. The van der Waals surface area contributed by atoms with Gasteiger partial charge in [-0.15, -0.1) is 5.10 Å². The lowest BCUT2D eigenvalue weighted by Crippen LogP contribution is -2.23. The smallest absolute Gasteiger partial charge is 0.402 e. The van der Waals surface area contributed by atoms with Crippen LogP contribution < -0.4 is 16.8 Å². The zero-order valence-electron chi connectivity index (χ0n) is 22.9. The van der Waals surface area contributed by atoms with E-state index in [9.17, 15) is 26.7 Å². The van der Waals surface area contributed by atoms with Crippen molar-refractivity contribution in [3.05, 3.63) is 88.3 Å². The number of anilines is 1. The number of aryl methyl sites for hydroxylation is 1. The Morgan fingerprint density at radius 1 is 1.16 bits per heavy atom. The topological polar surface area (TPSA) is 141 Å². The third-order valence-corrected chi connectivity index (χ3v) is 7.06. The Hall–Kier alpha value is -4.75. The van der Waals surface area contributed by atoms with Crippen molar-refractivity contribution in [2.45, 2.75) is 57.3 Å². The lowest BCUT2D eigenvalue weighted by Gasteiger charge is -2.08. The van der Waals surface area contributed by atoms with Crippen molar-refractivity contribution in [2.75, 3.05) is 5.73 Å². The second kappa shape index (κ2) is 12.2. The monoisotopic (exact) mass is 600 g/mol. The van der Waals surface area contributed by atoms with Crippen LogP contribution >= 0.6 is 0 Å². The third-order valence-electron chi connectivity index (χ3n) is 7.06. The number of nitrogens with one attached hydrogen (secondary N) is 2. The lowest BCUT2D eigenvalue weighted by molar-refractivity contribution is -0.141. The Morgan fingerprint density at radius 3 is 2.63 bits per heavy atom. The summed E-state index contributed by atoms with van der Waals surface area (Å²) in [4.78, 5) is 18.9. The van der Waals surface area contributed by atoms with Crippen molar-refractivity contribution in [1.82, 2.24) is 30.3 Å². The van der Waals surface area contributed by atoms with Gasteiger partial charge in [-0.1, -0.05) is 11.3 Å². The summed E-state index contributed by atoms with van der Waals surface area (Å²) < 4.78 is 67.8. The molecule has 0 bridgehead atoms. The number of aromatic amines is 1. The van der Waals surface area contributed by atoms with Gasteiger partial charge in [-0.25, -0.2) is 8.78 Å². The third kappa shape index (κ3) is 7.19.